The summed E-state index contributed by atoms with van der Waals surface area (Å²) in [4.78, 5) is 7.97. The molecule has 1 aliphatic heterocycles. The molecule has 6 heteroatoms. The summed E-state index contributed by atoms with van der Waals surface area (Å²) in [6.07, 6.45) is 0. The Morgan fingerprint density at radius 1 is 1.12 bits per heavy atom. The van der Waals surface area contributed by atoms with Gasteiger partial charge in [-0.15, -0.1) is 0 Å². The lowest BCUT2D eigenvalue weighted by atomic mass is 10.2. The van der Waals surface area contributed by atoms with E-state index in [1.807, 2.05) is 0 Å². The van der Waals surface area contributed by atoms with Gasteiger partial charge in [-0.2, -0.15) is 0 Å². The standard InChI is InChI=1S/C10H8ClN3O2/c11-10-13-6-4-8-7(15-1-2-16-8)3-5(6)9(12)14-10/h3-4H,1-2H2,(H2,12,13,14). The van der Waals surface area contributed by atoms with Gasteiger partial charge in [-0.05, 0) is 17.7 Å². The van der Waals surface area contributed by atoms with Crippen LogP contribution in [0, 0.1) is 0 Å². The largest absolute Gasteiger partial charge is 0.486 e. The van der Waals surface area contributed by atoms with Crippen molar-refractivity contribution in [3.8, 4) is 11.5 Å². The Bertz CT molecular complexity index is 573. The number of fused-ring (bicyclic) bond motifs is 2. The van der Waals surface area contributed by atoms with Gasteiger partial charge in [0.05, 0.1) is 5.52 Å². The van der Waals surface area contributed by atoms with Crippen LogP contribution in [-0.2, 0) is 0 Å². The quantitative estimate of drug-likeness (QED) is 0.706. The van der Waals surface area contributed by atoms with Crippen LogP contribution >= 0.6 is 11.6 Å². The predicted molar refractivity (Wildman–Crippen MR) is 60.0 cm³/mol. The van der Waals surface area contributed by atoms with Crippen LogP contribution < -0.4 is 15.2 Å². The summed E-state index contributed by atoms with van der Waals surface area (Å²) in [6.45, 7) is 1.07. The zero-order valence-electron chi connectivity index (χ0n) is 8.24. The Morgan fingerprint density at radius 2 is 1.81 bits per heavy atom. The number of nitrogens with zero attached hydrogens (tertiary/aromatic N) is 2. The third-order valence-electron chi connectivity index (χ3n) is 2.36. The molecule has 0 aliphatic carbocycles. The van der Waals surface area contributed by atoms with Crippen molar-refractivity contribution in [2.45, 2.75) is 0 Å². The van der Waals surface area contributed by atoms with Crippen molar-refractivity contribution >= 4 is 28.3 Å². The van der Waals surface area contributed by atoms with Crippen LogP contribution in [-0.4, -0.2) is 23.2 Å². The molecule has 0 atom stereocenters. The minimum atomic E-state index is 0.127. The van der Waals surface area contributed by atoms with Crippen LogP contribution in [0.3, 0.4) is 0 Å². The molecule has 2 aromatic rings. The molecule has 16 heavy (non-hydrogen) atoms. The second-order valence-corrected chi connectivity index (χ2v) is 3.73. The molecule has 0 saturated carbocycles. The topological polar surface area (TPSA) is 70.3 Å². The molecule has 0 saturated heterocycles. The minimum absolute atomic E-state index is 0.127. The van der Waals surface area contributed by atoms with Gasteiger partial charge in [0.2, 0.25) is 5.28 Å². The van der Waals surface area contributed by atoms with E-state index in [0.29, 0.717) is 41.4 Å². The van der Waals surface area contributed by atoms with Crippen molar-refractivity contribution in [1.82, 2.24) is 9.97 Å². The first-order chi connectivity index (χ1) is 7.74. The number of nitrogens with two attached hydrogens (primary N) is 1. The molecule has 1 aliphatic rings. The third kappa shape index (κ3) is 1.40. The fraction of sp³-hybridized carbons (Fsp3) is 0.200. The van der Waals surface area contributed by atoms with E-state index in [9.17, 15) is 0 Å². The fourth-order valence-electron chi connectivity index (χ4n) is 1.66. The molecular formula is C10H8ClN3O2. The van der Waals surface area contributed by atoms with Gasteiger partial charge in [0, 0.05) is 11.5 Å². The SMILES string of the molecule is Nc1nc(Cl)nc2cc3c(cc12)OCCO3. The first-order valence-electron chi connectivity index (χ1n) is 4.76. The molecule has 2 N–H and O–H groups in total. The van der Waals surface area contributed by atoms with Crippen molar-refractivity contribution in [2.24, 2.45) is 0 Å². The zero-order chi connectivity index (χ0) is 11.1. The summed E-state index contributed by atoms with van der Waals surface area (Å²) in [7, 11) is 0. The van der Waals surface area contributed by atoms with Crippen LogP contribution in [0.25, 0.3) is 10.9 Å². The Labute approximate surface area is 96.1 Å². The number of rotatable bonds is 0. The smallest absolute Gasteiger partial charge is 0.224 e. The van der Waals surface area contributed by atoms with Gasteiger partial charge in [0.15, 0.2) is 11.5 Å². The summed E-state index contributed by atoms with van der Waals surface area (Å²) in [5.74, 6) is 1.66. The minimum Gasteiger partial charge on any atom is -0.486 e. The molecule has 82 valence electrons. The van der Waals surface area contributed by atoms with E-state index in [0.717, 1.165) is 0 Å². The first kappa shape index (κ1) is 9.47. The van der Waals surface area contributed by atoms with E-state index >= 15 is 0 Å². The van der Waals surface area contributed by atoms with Gasteiger partial charge in [0.25, 0.3) is 0 Å². The second kappa shape index (κ2) is 3.38. The number of hydrogen-bond donors (Lipinski definition) is 1. The second-order valence-electron chi connectivity index (χ2n) is 3.39. The molecule has 3 rings (SSSR count). The lowest BCUT2D eigenvalue weighted by molar-refractivity contribution is 0.172. The van der Waals surface area contributed by atoms with Gasteiger partial charge in [-0.3, -0.25) is 0 Å². The Balaban J connectivity index is 2.31. The normalized spacial score (nSPS) is 14.1. The molecule has 1 aromatic carbocycles. The number of halogens is 1. The first-order valence-corrected chi connectivity index (χ1v) is 5.14. The van der Waals surface area contributed by atoms with Crippen molar-refractivity contribution in [1.29, 1.82) is 0 Å². The number of anilines is 1. The summed E-state index contributed by atoms with van der Waals surface area (Å²) in [6, 6.07) is 3.53. The highest BCUT2D eigenvalue weighted by Crippen LogP contribution is 2.35. The molecule has 0 amide bonds. The lowest BCUT2D eigenvalue weighted by Gasteiger charge is -2.18. The highest BCUT2D eigenvalue weighted by molar-refractivity contribution is 6.28. The van der Waals surface area contributed by atoms with Gasteiger partial charge in [-0.25, -0.2) is 9.97 Å². The molecular weight excluding hydrogens is 230 g/mol. The number of ether oxygens (including phenoxy) is 2. The third-order valence-corrected chi connectivity index (χ3v) is 2.53. The number of hydrogen-bond acceptors (Lipinski definition) is 5. The summed E-state index contributed by atoms with van der Waals surface area (Å²) in [5.41, 5.74) is 6.41. The van der Waals surface area contributed by atoms with E-state index in [-0.39, 0.29) is 5.28 Å². The van der Waals surface area contributed by atoms with Crippen molar-refractivity contribution in [3.05, 3.63) is 17.4 Å². The van der Waals surface area contributed by atoms with E-state index in [1.54, 1.807) is 12.1 Å². The Hall–Kier alpha value is -1.75. The van der Waals surface area contributed by atoms with E-state index in [1.165, 1.54) is 0 Å². The monoisotopic (exact) mass is 237 g/mol. The van der Waals surface area contributed by atoms with Gasteiger partial charge < -0.3 is 15.2 Å². The number of benzene rings is 1. The Kier molecular flexibility index (Phi) is 2.00. The van der Waals surface area contributed by atoms with Gasteiger partial charge in [0.1, 0.15) is 19.0 Å². The van der Waals surface area contributed by atoms with E-state index < -0.39 is 0 Å². The average molecular weight is 238 g/mol. The van der Waals surface area contributed by atoms with Crippen LogP contribution in [0.5, 0.6) is 11.5 Å². The molecule has 1 aromatic heterocycles. The van der Waals surface area contributed by atoms with Crippen LogP contribution in [0.4, 0.5) is 5.82 Å². The van der Waals surface area contributed by atoms with Crippen molar-refractivity contribution < 1.29 is 9.47 Å². The van der Waals surface area contributed by atoms with E-state index in [2.05, 4.69) is 9.97 Å². The molecule has 0 unspecified atom stereocenters. The zero-order valence-corrected chi connectivity index (χ0v) is 8.99. The Morgan fingerprint density at radius 3 is 2.56 bits per heavy atom. The van der Waals surface area contributed by atoms with Crippen LogP contribution in [0.1, 0.15) is 0 Å². The highest BCUT2D eigenvalue weighted by Gasteiger charge is 2.15. The van der Waals surface area contributed by atoms with Gasteiger partial charge >= 0.3 is 0 Å². The fourth-order valence-corrected chi connectivity index (χ4v) is 1.84. The van der Waals surface area contributed by atoms with Crippen LogP contribution in [0.15, 0.2) is 12.1 Å². The maximum absolute atomic E-state index is 5.76. The molecule has 2 heterocycles. The maximum Gasteiger partial charge on any atom is 0.224 e. The number of aromatic nitrogens is 2. The highest BCUT2D eigenvalue weighted by atomic mass is 35.5. The summed E-state index contributed by atoms with van der Waals surface area (Å²) >= 11 is 5.73. The number of nitrogen functional groups attached to an aromatic ring is 1. The van der Waals surface area contributed by atoms with E-state index in [4.69, 9.17) is 26.8 Å². The molecule has 0 radical (unpaired) electrons. The predicted octanol–water partition coefficient (Wildman–Crippen LogP) is 1.64. The lowest BCUT2D eigenvalue weighted by Crippen LogP contribution is -2.15. The summed E-state index contributed by atoms with van der Waals surface area (Å²) < 4.78 is 10.9. The molecule has 0 bridgehead atoms. The molecule has 0 fully saturated rings. The summed E-state index contributed by atoms with van der Waals surface area (Å²) in [5, 5.41) is 0.843. The maximum atomic E-state index is 5.76. The van der Waals surface area contributed by atoms with Gasteiger partial charge in [-0.1, -0.05) is 0 Å². The van der Waals surface area contributed by atoms with Crippen LogP contribution in [0.2, 0.25) is 5.28 Å². The molecule has 0 spiro atoms. The average Bonchev–Trinajstić information content (AvgIpc) is 2.27. The van der Waals surface area contributed by atoms with Crippen molar-refractivity contribution in [3.63, 3.8) is 0 Å². The van der Waals surface area contributed by atoms with Crippen molar-refractivity contribution in [2.75, 3.05) is 18.9 Å². The molecule has 5 nitrogen and oxygen atoms in total.